The van der Waals surface area contributed by atoms with Gasteiger partial charge in [0.15, 0.2) is 6.10 Å². The molecule has 0 saturated heterocycles. The van der Waals surface area contributed by atoms with Gasteiger partial charge in [0, 0.05) is 20.5 Å². The van der Waals surface area contributed by atoms with Crippen LogP contribution in [0, 0.1) is 17.4 Å². The lowest BCUT2D eigenvalue weighted by molar-refractivity contribution is -0.123. The highest BCUT2D eigenvalue weighted by atomic mass is 127. The molecule has 0 aliphatic heterocycles. The molecule has 7 heteroatoms. The van der Waals surface area contributed by atoms with Crippen LogP contribution in [0.2, 0.25) is 0 Å². The lowest BCUT2D eigenvalue weighted by Crippen LogP contribution is -2.30. The Morgan fingerprint density at radius 1 is 1.07 bits per heavy atom. The zero-order valence-corrected chi connectivity index (χ0v) is 17.9. The molecule has 3 rings (SSSR count). The van der Waals surface area contributed by atoms with Gasteiger partial charge in [-0.1, -0.05) is 12.1 Å². The number of carbonyl (C=O) groups is 2. The van der Waals surface area contributed by atoms with Crippen LogP contribution in [0.25, 0.3) is 11.4 Å². The number of nitrogens with one attached hydrogen (secondary N) is 2. The molecule has 1 aromatic heterocycles. The molecule has 1 atom stereocenters. The highest BCUT2D eigenvalue weighted by molar-refractivity contribution is 14.1. The fourth-order valence-electron chi connectivity index (χ4n) is 2.51. The van der Waals surface area contributed by atoms with E-state index in [0.717, 1.165) is 26.3 Å². The zero-order valence-electron chi connectivity index (χ0n) is 15.7. The highest BCUT2D eigenvalue weighted by Crippen LogP contribution is 2.19. The third kappa shape index (κ3) is 4.78. The van der Waals surface area contributed by atoms with Crippen LogP contribution in [0.1, 0.15) is 28.7 Å². The Kier molecular flexibility index (Phi) is 6.13. The zero-order chi connectivity index (χ0) is 20.3. The van der Waals surface area contributed by atoms with Crippen molar-refractivity contribution < 1.29 is 14.3 Å². The van der Waals surface area contributed by atoms with Crippen molar-refractivity contribution in [3.63, 3.8) is 0 Å². The standard InChI is InChI=1S/C21H20IN3O3/c1-12-13(2)24-19(23-12)15-4-6-16(7-5-15)21(27)28-14(3)20(26)25-18-10-8-17(22)9-11-18/h4-11,14H,1-3H3,(H,23,24)(H,25,26). The number of hydrogen-bond acceptors (Lipinski definition) is 4. The second-order valence-corrected chi connectivity index (χ2v) is 7.66. The van der Waals surface area contributed by atoms with E-state index in [1.165, 1.54) is 0 Å². The predicted octanol–water partition coefficient (Wildman–Crippen LogP) is 4.48. The number of aromatic nitrogens is 2. The van der Waals surface area contributed by atoms with Gasteiger partial charge >= 0.3 is 5.97 Å². The molecule has 144 valence electrons. The Morgan fingerprint density at radius 3 is 2.29 bits per heavy atom. The van der Waals surface area contributed by atoms with E-state index in [1.807, 2.05) is 26.0 Å². The van der Waals surface area contributed by atoms with E-state index in [2.05, 4.69) is 37.9 Å². The molecule has 0 bridgehead atoms. The van der Waals surface area contributed by atoms with Crippen molar-refractivity contribution in [2.24, 2.45) is 0 Å². The Hall–Kier alpha value is -2.68. The molecule has 3 aromatic rings. The maximum atomic E-state index is 12.3. The van der Waals surface area contributed by atoms with Crippen LogP contribution in [0.3, 0.4) is 0 Å². The van der Waals surface area contributed by atoms with Gasteiger partial charge in [-0.2, -0.15) is 0 Å². The fraction of sp³-hybridized carbons (Fsp3) is 0.190. The van der Waals surface area contributed by atoms with E-state index in [4.69, 9.17) is 4.74 Å². The number of H-pyrrole nitrogens is 1. The summed E-state index contributed by atoms with van der Waals surface area (Å²) < 4.78 is 6.36. The van der Waals surface area contributed by atoms with Crippen LogP contribution >= 0.6 is 22.6 Å². The molecule has 1 amide bonds. The predicted molar refractivity (Wildman–Crippen MR) is 116 cm³/mol. The molecule has 2 aromatic carbocycles. The van der Waals surface area contributed by atoms with Crippen LogP contribution < -0.4 is 5.32 Å². The first-order valence-electron chi connectivity index (χ1n) is 8.74. The lowest BCUT2D eigenvalue weighted by Gasteiger charge is -2.13. The van der Waals surface area contributed by atoms with Gasteiger partial charge in [0.05, 0.1) is 11.3 Å². The number of esters is 1. The number of hydrogen-bond donors (Lipinski definition) is 2. The largest absolute Gasteiger partial charge is 0.449 e. The quantitative estimate of drug-likeness (QED) is 0.409. The van der Waals surface area contributed by atoms with Crippen molar-refractivity contribution in [3.8, 4) is 11.4 Å². The van der Waals surface area contributed by atoms with Crippen molar-refractivity contribution in [2.75, 3.05) is 5.32 Å². The first-order valence-corrected chi connectivity index (χ1v) is 9.82. The van der Waals surface area contributed by atoms with Crippen molar-refractivity contribution >= 4 is 40.2 Å². The summed E-state index contributed by atoms with van der Waals surface area (Å²) in [7, 11) is 0. The third-order valence-electron chi connectivity index (χ3n) is 4.29. The molecule has 0 aliphatic carbocycles. The average molecular weight is 489 g/mol. The summed E-state index contributed by atoms with van der Waals surface area (Å²) in [5, 5.41) is 2.73. The van der Waals surface area contributed by atoms with Gasteiger partial charge in [0.1, 0.15) is 5.82 Å². The minimum Gasteiger partial charge on any atom is -0.449 e. The molecule has 0 fully saturated rings. The fourth-order valence-corrected chi connectivity index (χ4v) is 2.87. The number of aryl methyl sites for hydroxylation is 2. The van der Waals surface area contributed by atoms with Crippen LogP contribution in [0.5, 0.6) is 0 Å². The smallest absolute Gasteiger partial charge is 0.338 e. The van der Waals surface area contributed by atoms with Crippen molar-refractivity contribution in [1.29, 1.82) is 0 Å². The molecule has 0 spiro atoms. The second kappa shape index (κ2) is 8.55. The van der Waals surface area contributed by atoms with Gasteiger partial charge in [-0.05, 0) is 79.8 Å². The van der Waals surface area contributed by atoms with E-state index in [9.17, 15) is 9.59 Å². The average Bonchev–Trinajstić information content (AvgIpc) is 3.02. The second-order valence-electron chi connectivity index (χ2n) is 6.42. The topological polar surface area (TPSA) is 84.1 Å². The van der Waals surface area contributed by atoms with E-state index in [1.54, 1.807) is 43.3 Å². The summed E-state index contributed by atoms with van der Waals surface area (Å²) in [4.78, 5) is 32.2. The molecule has 2 N–H and O–H groups in total. The van der Waals surface area contributed by atoms with Crippen LogP contribution in [0.15, 0.2) is 48.5 Å². The summed E-state index contributed by atoms with van der Waals surface area (Å²) in [6.45, 7) is 5.44. The van der Waals surface area contributed by atoms with Crippen LogP contribution in [-0.2, 0) is 9.53 Å². The Morgan fingerprint density at radius 2 is 1.71 bits per heavy atom. The van der Waals surface area contributed by atoms with Crippen molar-refractivity contribution in [2.45, 2.75) is 26.9 Å². The number of nitrogens with zero attached hydrogens (tertiary/aromatic N) is 1. The van der Waals surface area contributed by atoms with Gasteiger partial charge in [-0.3, -0.25) is 4.79 Å². The monoisotopic (exact) mass is 489 g/mol. The van der Waals surface area contributed by atoms with Crippen LogP contribution in [-0.4, -0.2) is 27.9 Å². The molecule has 1 unspecified atom stereocenters. The van der Waals surface area contributed by atoms with Crippen molar-refractivity contribution in [3.05, 3.63) is 69.1 Å². The van der Waals surface area contributed by atoms with E-state index in [0.29, 0.717) is 11.3 Å². The number of aromatic amines is 1. The SMILES string of the molecule is Cc1nc(-c2ccc(C(=O)OC(C)C(=O)Nc3ccc(I)cc3)cc2)[nH]c1C. The van der Waals surface area contributed by atoms with Gasteiger partial charge < -0.3 is 15.0 Å². The summed E-state index contributed by atoms with van der Waals surface area (Å²) in [6, 6.07) is 14.3. The first-order chi connectivity index (χ1) is 13.3. The van der Waals surface area contributed by atoms with Gasteiger partial charge in [-0.15, -0.1) is 0 Å². The first kappa shape index (κ1) is 20.1. The number of halogens is 1. The molecule has 28 heavy (non-hydrogen) atoms. The summed E-state index contributed by atoms with van der Waals surface area (Å²) >= 11 is 2.19. The molecule has 0 saturated carbocycles. The Bertz CT molecular complexity index is 975. The summed E-state index contributed by atoms with van der Waals surface area (Å²) in [5.74, 6) is -0.184. The molecule has 0 aliphatic rings. The molecule has 6 nitrogen and oxygen atoms in total. The van der Waals surface area contributed by atoms with Gasteiger partial charge in [0.2, 0.25) is 0 Å². The van der Waals surface area contributed by atoms with E-state index in [-0.39, 0.29) is 5.91 Å². The summed E-state index contributed by atoms with van der Waals surface area (Å²) in [6.07, 6.45) is -0.915. The number of ether oxygens (including phenoxy) is 1. The molecular weight excluding hydrogens is 469 g/mol. The minimum absolute atomic E-state index is 0.373. The maximum Gasteiger partial charge on any atom is 0.338 e. The lowest BCUT2D eigenvalue weighted by atomic mass is 10.1. The number of carbonyl (C=O) groups excluding carboxylic acids is 2. The van der Waals surface area contributed by atoms with Crippen molar-refractivity contribution in [1.82, 2.24) is 9.97 Å². The number of anilines is 1. The number of rotatable bonds is 5. The van der Waals surface area contributed by atoms with E-state index < -0.39 is 12.1 Å². The van der Waals surface area contributed by atoms with E-state index >= 15 is 0 Å². The Balaban J connectivity index is 1.61. The number of imidazole rings is 1. The van der Waals surface area contributed by atoms with Gasteiger partial charge in [-0.25, -0.2) is 9.78 Å². The Labute approximate surface area is 176 Å². The minimum atomic E-state index is -0.915. The number of benzene rings is 2. The normalized spacial score (nSPS) is 11.7. The van der Waals surface area contributed by atoms with Crippen LogP contribution in [0.4, 0.5) is 5.69 Å². The van der Waals surface area contributed by atoms with Gasteiger partial charge in [0.25, 0.3) is 5.91 Å². The highest BCUT2D eigenvalue weighted by Gasteiger charge is 2.19. The summed E-state index contributed by atoms with van der Waals surface area (Å²) in [5.41, 5.74) is 3.84. The molecule has 1 heterocycles. The maximum absolute atomic E-state index is 12.3. The molecule has 0 radical (unpaired) electrons. The third-order valence-corrected chi connectivity index (χ3v) is 5.01. The number of amides is 1. The molecular formula is C21H20IN3O3.